The molecule has 2 aromatic heterocycles. The molecule has 0 saturated carbocycles. The fourth-order valence-corrected chi connectivity index (χ4v) is 4.82. The van der Waals surface area contributed by atoms with E-state index >= 15 is 0 Å². The van der Waals surface area contributed by atoms with E-state index in [9.17, 15) is 18.5 Å². The molecule has 35 heavy (non-hydrogen) atoms. The monoisotopic (exact) mass is 505 g/mol. The second kappa shape index (κ2) is 9.37. The molecule has 0 spiro atoms. The van der Waals surface area contributed by atoms with Crippen molar-refractivity contribution >= 4 is 33.2 Å². The lowest BCUT2D eigenvalue weighted by Crippen LogP contribution is -2.20. The van der Waals surface area contributed by atoms with Crippen LogP contribution in [0.1, 0.15) is 22.3 Å². The predicted molar refractivity (Wildman–Crippen MR) is 134 cm³/mol. The summed E-state index contributed by atoms with van der Waals surface area (Å²) < 4.78 is 33.7. The molecule has 0 aliphatic heterocycles. The van der Waals surface area contributed by atoms with Crippen LogP contribution in [0.2, 0.25) is 5.02 Å². The van der Waals surface area contributed by atoms with Crippen molar-refractivity contribution in [3.8, 4) is 17.7 Å². The third-order valence-corrected chi connectivity index (χ3v) is 7.32. The van der Waals surface area contributed by atoms with Crippen LogP contribution in [0.5, 0.6) is 11.6 Å². The molecule has 0 bridgehead atoms. The van der Waals surface area contributed by atoms with E-state index in [1.165, 1.54) is 34.9 Å². The van der Waals surface area contributed by atoms with Crippen molar-refractivity contribution in [1.82, 2.24) is 9.38 Å². The summed E-state index contributed by atoms with van der Waals surface area (Å²) >= 11 is 5.87. The highest BCUT2D eigenvalue weighted by molar-refractivity contribution is 7.95. The summed E-state index contributed by atoms with van der Waals surface area (Å²) in [5.41, 5.74) is 2.17. The van der Waals surface area contributed by atoms with Crippen molar-refractivity contribution in [1.29, 1.82) is 5.26 Å². The van der Waals surface area contributed by atoms with Crippen LogP contribution in [0.25, 0.3) is 11.7 Å². The number of nitrogens with zero attached hydrogens (tertiary/aromatic N) is 3. The lowest BCUT2D eigenvalue weighted by Gasteiger charge is -2.13. The lowest BCUT2D eigenvalue weighted by molar-refractivity contribution is 0.457. The van der Waals surface area contributed by atoms with E-state index < -0.39 is 20.3 Å². The fourth-order valence-electron chi connectivity index (χ4n) is 3.55. The maximum Gasteiger partial charge on any atom is 0.269 e. The molecule has 2 aromatic carbocycles. The molecule has 2 heterocycles. The fraction of sp³-hybridized carbons (Fsp3) is 0.115. The van der Waals surface area contributed by atoms with Crippen molar-refractivity contribution in [3.63, 3.8) is 0 Å². The van der Waals surface area contributed by atoms with Crippen molar-refractivity contribution in [2.75, 3.05) is 0 Å². The maximum absolute atomic E-state index is 13.5. The number of rotatable bonds is 5. The van der Waals surface area contributed by atoms with Crippen molar-refractivity contribution in [2.45, 2.75) is 25.7 Å². The Hall–Kier alpha value is -3.93. The number of hydrogen-bond acceptors (Lipinski definition) is 6. The van der Waals surface area contributed by atoms with Gasteiger partial charge in [0.25, 0.3) is 5.56 Å². The Morgan fingerprint density at radius 3 is 2.46 bits per heavy atom. The van der Waals surface area contributed by atoms with Crippen LogP contribution in [0.4, 0.5) is 0 Å². The number of aryl methyl sites for hydroxylation is 3. The van der Waals surface area contributed by atoms with E-state index in [4.69, 9.17) is 16.3 Å². The van der Waals surface area contributed by atoms with Gasteiger partial charge in [-0.25, -0.2) is 8.42 Å². The predicted octanol–water partition coefficient (Wildman–Crippen LogP) is 5.40. The first kappa shape index (κ1) is 24.2. The van der Waals surface area contributed by atoms with E-state index in [0.29, 0.717) is 16.4 Å². The zero-order valence-corrected chi connectivity index (χ0v) is 20.7. The van der Waals surface area contributed by atoms with Gasteiger partial charge in [0.1, 0.15) is 27.9 Å². The van der Waals surface area contributed by atoms with Crippen LogP contribution in [0, 0.1) is 32.1 Å². The molecule has 0 atom stereocenters. The zero-order chi connectivity index (χ0) is 25.3. The first-order valence-corrected chi connectivity index (χ1v) is 12.4. The minimum absolute atomic E-state index is 0.102. The van der Waals surface area contributed by atoms with Crippen molar-refractivity contribution in [3.05, 3.63) is 103 Å². The van der Waals surface area contributed by atoms with Gasteiger partial charge in [-0.3, -0.25) is 9.20 Å². The second-order valence-corrected chi connectivity index (χ2v) is 10.3. The molecule has 7 nitrogen and oxygen atoms in total. The number of ether oxygens (including phenoxy) is 1. The summed E-state index contributed by atoms with van der Waals surface area (Å²) in [5, 5.41) is 10.1. The van der Waals surface area contributed by atoms with Crippen LogP contribution < -0.4 is 10.3 Å². The molecule has 176 valence electrons. The van der Waals surface area contributed by atoms with Crippen LogP contribution >= 0.6 is 11.6 Å². The van der Waals surface area contributed by atoms with Gasteiger partial charge in [-0.05, 0) is 74.4 Å². The third-order valence-electron chi connectivity index (χ3n) is 5.39. The van der Waals surface area contributed by atoms with Gasteiger partial charge in [0.15, 0.2) is 0 Å². The molecular weight excluding hydrogens is 486 g/mol. The molecule has 0 amide bonds. The second-order valence-electron chi connectivity index (χ2n) is 7.97. The molecular formula is C26H20ClN3O4S. The molecule has 0 radical (unpaired) electrons. The maximum atomic E-state index is 13.5. The van der Waals surface area contributed by atoms with Crippen LogP contribution in [0.3, 0.4) is 0 Å². The standard InChI is InChI=1S/C26H20ClN3O4S/c1-16-6-11-23(18(3)13-16)34-25-22(26(31)30-12-4-5-17(2)24(30)29-25)14-21(15-28)35(32,33)20-9-7-19(27)8-10-20/h4-14H,1-3H3/b21-14-. The Labute approximate surface area is 207 Å². The molecule has 9 heteroatoms. The summed E-state index contributed by atoms with van der Waals surface area (Å²) in [7, 11) is -4.24. The highest BCUT2D eigenvalue weighted by Crippen LogP contribution is 2.29. The minimum Gasteiger partial charge on any atom is -0.438 e. The summed E-state index contributed by atoms with van der Waals surface area (Å²) in [6, 6.07) is 16.1. The van der Waals surface area contributed by atoms with Gasteiger partial charge in [-0.15, -0.1) is 0 Å². The number of allylic oxidation sites excluding steroid dienone is 1. The first-order valence-electron chi connectivity index (χ1n) is 10.5. The van der Waals surface area contributed by atoms with E-state index in [1.54, 1.807) is 31.2 Å². The highest BCUT2D eigenvalue weighted by atomic mass is 35.5. The number of aromatic nitrogens is 2. The Morgan fingerprint density at radius 2 is 1.80 bits per heavy atom. The number of pyridine rings is 1. The zero-order valence-electron chi connectivity index (χ0n) is 19.1. The largest absolute Gasteiger partial charge is 0.438 e. The third kappa shape index (κ3) is 4.69. The number of fused-ring (bicyclic) bond motifs is 1. The van der Waals surface area contributed by atoms with Gasteiger partial charge >= 0.3 is 0 Å². The SMILES string of the molecule is Cc1ccc(Oc2nc3c(C)cccn3c(=O)c2/C=C(/C#N)S(=O)(=O)c2ccc(Cl)cc2)c(C)c1. The molecule has 0 unspecified atom stereocenters. The number of sulfone groups is 1. The molecule has 0 saturated heterocycles. The Bertz CT molecular complexity index is 1700. The van der Waals surface area contributed by atoms with Gasteiger partial charge in [0.2, 0.25) is 15.7 Å². The molecule has 0 fully saturated rings. The van der Waals surface area contributed by atoms with Gasteiger partial charge in [-0.1, -0.05) is 35.4 Å². The topological polar surface area (TPSA) is 102 Å². The number of hydrogen-bond donors (Lipinski definition) is 0. The molecule has 0 N–H and O–H groups in total. The molecule has 4 rings (SSSR count). The summed E-state index contributed by atoms with van der Waals surface area (Å²) in [5.74, 6) is 0.351. The Kier molecular flexibility index (Phi) is 6.48. The number of nitriles is 1. The average Bonchev–Trinajstić information content (AvgIpc) is 2.81. The summed E-state index contributed by atoms with van der Waals surface area (Å²) in [6.07, 6.45) is 2.53. The smallest absolute Gasteiger partial charge is 0.269 e. The van der Waals surface area contributed by atoms with E-state index in [1.807, 2.05) is 26.0 Å². The highest BCUT2D eigenvalue weighted by Gasteiger charge is 2.24. The number of halogens is 1. The van der Waals surface area contributed by atoms with Gasteiger partial charge < -0.3 is 4.74 Å². The van der Waals surface area contributed by atoms with E-state index in [2.05, 4.69) is 4.98 Å². The van der Waals surface area contributed by atoms with Gasteiger partial charge in [0, 0.05) is 11.2 Å². The van der Waals surface area contributed by atoms with Crippen LogP contribution in [0.15, 0.2) is 75.4 Å². The summed E-state index contributed by atoms with van der Waals surface area (Å²) in [4.78, 5) is 17.2. The molecule has 0 aliphatic carbocycles. The molecule has 4 aromatic rings. The van der Waals surface area contributed by atoms with Gasteiger partial charge in [0.05, 0.1) is 4.90 Å². The van der Waals surface area contributed by atoms with E-state index in [0.717, 1.165) is 22.8 Å². The number of benzene rings is 2. The van der Waals surface area contributed by atoms with Crippen LogP contribution in [-0.2, 0) is 9.84 Å². The lowest BCUT2D eigenvalue weighted by atomic mass is 10.1. The minimum atomic E-state index is -4.24. The Balaban J connectivity index is 1.97. The Morgan fingerprint density at radius 1 is 1.09 bits per heavy atom. The summed E-state index contributed by atoms with van der Waals surface area (Å²) in [6.45, 7) is 5.59. The average molecular weight is 506 g/mol. The quantitative estimate of drug-likeness (QED) is 0.336. The van der Waals surface area contributed by atoms with Crippen molar-refractivity contribution in [2.24, 2.45) is 0 Å². The van der Waals surface area contributed by atoms with Gasteiger partial charge in [-0.2, -0.15) is 10.2 Å². The molecule has 0 aliphatic rings. The van der Waals surface area contributed by atoms with E-state index in [-0.39, 0.29) is 16.3 Å². The normalized spacial score (nSPS) is 11.9. The van der Waals surface area contributed by atoms with Crippen molar-refractivity contribution < 1.29 is 13.2 Å². The van der Waals surface area contributed by atoms with Crippen LogP contribution in [-0.4, -0.2) is 17.8 Å². The first-order chi connectivity index (χ1) is 16.6.